The number of aryl methyl sites for hydroxylation is 1. The highest BCUT2D eigenvalue weighted by molar-refractivity contribution is 6.01. The zero-order valence-corrected chi connectivity index (χ0v) is 12.4. The molecule has 0 aliphatic carbocycles. The molecular formula is C14H12F3N5O2. The maximum Gasteiger partial charge on any atom is 0.453 e. The largest absolute Gasteiger partial charge is 0.453 e. The third-order valence-corrected chi connectivity index (χ3v) is 3.52. The molecule has 2 amide bonds. The summed E-state index contributed by atoms with van der Waals surface area (Å²) in [5.41, 5.74) is 1.28. The Hall–Kier alpha value is -2.91. The van der Waals surface area contributed by atoms with Gasteiger partial charge < -0.3 is 5.32 Å². The highest BCUT2D eigenvalue weighted by Gasteiger charge is 2.41. The summed E-state index contributed by atoms with van der Waals surface area (Å²) >= 11 is 0. The van der Waals surface area contributed by atoms with Gasteiger partial charge in [-0.15, -0.1) is 5.10 Å². The molecule has 0 fully saturated rings. The van der Waals surface area contributed by atoms with E-state index in [0.29, 0.717) is 5.69 Å². The average molecular weight is 339 g/mol. The molecule has 7 nitrogen and oxygen atoms in total. The fourth-order valence-electron chi connectivity index (χ4n) is 2.32. The van der Waals surface area contributed by atoms with E-state index in [2.05, 4.69) is 20.7 Å². The Bertz CT molecular complexity index is 815. The molecule has 24 heavy (non-hydrogen) atoms. The topological polar surface area (TPSA) is 88.9 Å². The number of halogens is 3. The van der Waals surface area contributed by atoms with Crippen molar-refractivity contribution in [1.82, 2.24) is 14.8 Å². The van der Waals surface area contributed by atoms with Gasteiger partial charge >= 0.3 is 6.18 Å². The van der Waals surface area contributed by atoms with Crippen molar-refractivity contribution in [2.24, 2.45) is 0 Å². The summed E-state index contributed by atoms with van der Waals surface area (Å²) in [5.74, 6) is -3.05. The van der Waals surface area contributed by atoms with Gasteiger partial charge in [0, 0.05) is 5.69 Å². The normalized spacial score (nSPS) is 17.2. The molecule has 2 N–H and O–H groups in total. The quantitative estimate of drug-likeness (QED) is 0.877. The van der Waals surface area contributed by atoms with Crippen molar-refractivity contribution in [1.29, 1.82) is 0 Å². The van der Waals surface area contributed by atoms with Crippen LogP contribution in [0.15, 0.2) is 24.3 Å². The van der Waals surface area contributed by atoms with Crippen LogP contribution in [-0.4, -0.2) is 26.6 Å². The number of nitrogens with zero attached hydrogens (tertiary/aromatic N) is 3. The van der Waals surface area contributed by atoms with Gasteiger partial charge in [0.05, 0.1) is 6.42 Å². The summed E-state index contributed by atoms with van der Waals surface area (Å²) in [6.45, 7) is 1.77. The monoisotopic (exact) mass is 339 g/mol. The lowest BCUT2D eigenvalue weighted by Gasteiger charge is -2.22. The van der Waals surface area contributed by atoms with Crippen molar-refractivity contribution in [3.8, 4) is 0 Å². The second kappa shape index (κ2) is 5.62. The Morgan fingerprint density at radius 1 is 1.38 bits per heavy atom. The van der Waals surface area contributed by atoms with E-state index in [-0.39, 0.29) is 6.42 Å². The summed E-state index contributed by atoms with van der Waals surface area (Å²) in [4.78, 5) is 27.3. The molecule has 1 aliphatic heterocycles. The zero-order valence-electron chi connectivity index (χ0n) is 12.4. The molecule has 1 aromatic heterocycles. The maximum absolute atomic E-state index is 12.7. The van der Waals surface area contributed by atoms with Crippen LogP contribution in [0.1, 0.15) is 23.9 Å². The minimum Gasteiger partial charge on any atom is -0.324 e. The van der Waals surface area contributed by atoms with Crippen LogP contribution in [0.25, 0.3) is 0 Å². The van der Waals surface area contributed by atoms with Crippen molar-refractivity contribution in [3.63, 3.8) is 0 Å². The van der Waals surface area contributed by atoms with Crippen molar-refractivity contribution >= 4 is 23.5 Å². The predicted octanol–water partition coefficient (Wildman–Crippen LogP) is 2.13. The van der Waals surface area contributed by atoms with Crippen molar-refractivity contribution < 1.29 is 22.8 Å². The van der Waals surface area contributed by atoms with E-state index >= 15 is 0 Å². The molecule has 2 heterocycles. The van der Waals surface area contributed by atoms with Gasteiger partial charge in [0.2, 0.25) is 17.8 Å². The standard InChI is InChI=1S/C14H12F3N5O2/c1-7-4-2-3-5-8(7)18-11(24)9-6-10(23)19-13-20-12(14(15,16)17)21-22(9)13/h2-5,9H,6H2,1H3,(H,18,24)(H,19,20,21,23). The highest BCUT2D eigenvalue weighted by atomic mass is 19.4. The SMILES string of the molecule is Cc1ccccc1NC(=O)C1CC(=O)Nc2nc(C(F)(F)F)nn21. The molecule has 0 bridgehead atoms. The summed E-state index contributed by atoms with van der Waals surface area (Å²) in [6, 6.07) is 5.70. The molecule has 0 spiro atoms. The van der Waals surface area contributed by atoms with Gasteiger partial charge in [-0.1, -0.05) is 18.2 Å². The number of carbonyl (C=O) groups excluding carboxylic acids is 2. The van der Waals surface area contributed by atoms with Gasteiger partial charge in [-0.2, -0.15) is 18.2 Å². The van der Waals surface area contributed by atoms with Crippen molar-refractivity contribution in [2.45, 2.75) is 25.6 Å². The number of aromatic nitrogens is 3. The molecule has 0 saturated heterocycles. The molecule has 1 unspecified atom stereocenters. The first kappa shape index (κ1) is 16.0. The molecule has 10 heteroatoms. The van der Waals surface area contributed by atoms with E-state index in [4.69, 9.17) is 0 Å². The van der Waals surface area contributed by atoms with E-state index < -0.39 is 35.8 Å². The van der Waals surface area contributed by atoms with Crippen LogP contribution in [0.3, 0.4) is 0 Å². The van der Waals surface area contributed by atoms with E-state index in [9.17, 15) is 22.8 Å². The van der Waals surface area contributed by atoms with Gasteiger partial charge in [-0.25, -0.2) is 4.68 Å². The van der Waals surface area contributed by atoms with E-state index in [1.807, 2.05) is 0 Å². The van der Waals surface area contributed by atoms with E-state index in [0.717, 1.165) is 10.2 Å². The van der Waals surface area contributed by atoms with E-state index in [1.165, 1.54) is 0 Å². The number of hydrogen-bond donors (Lipinski definition) is 2. The van der Waals surface area contributed by atoms with Crippen LogP contribution < -0.4 is 10.6 Å². The van der Waals surface area contributed by atoms with Gasteiger partial charge in [0.25, 0.3) is 5.82 Å². The smallest absolute Gasteiger partial charge is 0.324 e. The molecule has 126 valence electrons. The maximum atomic E-state index is 12.7. The zero-order chi connectivity index (χ0) is 17.5. The van der Waals surface area contributed by atoms with Crippen LogP contribution >= 0.6 is 0 Å². The van der Waals surface area contributed by atoms with Crippen LogP contribution in [0.5, 0.6) is 0 Å². The fourth-order valence-corrected chi connectivity index (χ4v) is 2.32. The second-order valence-electron chi connectivity index (χ2n) is 5.27. The first-order valence-corrected chi connectivity index (χ1v) is 6.96. The summed E-state index contributed by atoms with van der Waals surface area (Å²) < 4.78 is 39.0. The number of para-hydroxylation sites is 1. The van der Waals surface area contributed by atoms with Crippen molar-refractivity contribution in [3.05, 3.63) is 35.7 Å². The lowest BCUT2D eigenvalue weighted by molar-refractivity contribution is -0.145. The number of fused-ring (bicyclic) bond motifs is 1. The fraction of sp³-hybridized carbons (Fsp3) is 0.286. The lowest BCUT2D eigenvalue weighted by atomic mass is 10.1. The van der Waals surface area contributed by atoms with Gasteiger partial charge in [0.1, 0.15) is 6.04 Å². The molecular weight excluding hydrogens is 327 g/mol. The minimum atomic E-state index is -4.77. The minimum absolute atomic E-state index is 0.328. The van der Waals surface area contributed by atoms with Gasteiger partial charge in [-0.3, -0.25) is 14.9 Å². The predicted molar refractivity (Wildman–Crippen MR) is 77.1 cm³/mol. The first-order valence-electron chi connectivity index (χ1n) is 6.96. The number of amides is 2. The van der Waals surface area contributed by atoms with Crippen LogP contribution in [0.2, 0.25) is 0 Å². The third-order valence-electron chi connectivity index (χ3n) is 3.52. The number of carbonyl (C=O) groups is 2. The molecule has 1 aromatic carbocycles. The Kier molecular flexibility index (Phi) is 3.74. The summed E-state index contributed by atoms with van der Waals surface area (Å²) in [6.07, 6.45) is -5.10. The molecule has 3 rings (SSSR count). The van der Waals surface area contributed by atoms with Crippen LogP contribution in [0.4, 0.5) is 24.8 Å². The first-order chi connectivity index (χ1) is 11.3. The molecule has 0 radical (unpaired) electrons. The highest BCUT2D eigenvalue weighted by Crippen LogP contribution is 2.31. The average Bonchev–Trinajstić information content (AvgIpc) is 2.92. The van der Waals surface area contributed by atoms with Crippen LogP contribution in [-0.2, 0) is 15.8 Å². The number of benzene rings is 1. The molecule has 1 aliphatic rings. The molecule has 1 atom stereocenters. The Balaban J connectivity index is 1.92. The number of anilines is 2. The summed E-state index contributed by atoms with van der Waals surface area (Å²) in [7, 11) is 0. The van der Waals surface area contributed by atoms with Crippen molar-refractivity contribution in [2.75, 3.05) is 10.6 Å². The van der Waals surface area contributed by atoms with Crippen LogP contribution in [0, 0.1) is 6.92 Å². The number of rotatable bonds is 2. The molecule has 2 aromatic rings. The van der Waals surface area contributed by atoms with Gasteiger partial charge in [0.15, 0.2) is 0 Å². The molecule has 0 saturated carbocycles. The number of alkyl halides is 3. The Morgan fingerprint density at radius 2 is 2.08 bits per heavy atom. The number of hydrogen-bond acceptors (Lipinski definition) is 4. The Morgan fingerprint density at radius 3 is 2.75 bits per heavy atom. The second-order valence-corrected chi connectivity index (χ2v) is 5.27. The number of nitrogens with one attached hydrogen (secondary N) is 2. The van der Waals surface area contributed by atoms with E-state index in [1.54, 1.807) is 31.2 Å². The summed E-state index contributed by atoms with van der Waals surface area (Å²) in [5, 5.41) is 8.11. The lowest BCUT2D eigenvalue weighted by Crippen LogP contribution is -2.36. The van der Waals surface area contributed by atoms with Gasteiger partial charge in [-0.05, 0) is 18.6 Å². The Labute approximate surface area is 133 Å². The third kappa shape index (κ3) is 2.94.